The standard InChI is InChI=1S/C31H37N3O5S2/c1-20-3-8-29(39-18-23-5-4-22(14-21(23)2)17-33-9-11-41(37,38)12-10-33)27(13-20)28-19-40-31(32-28)34-25-6-7-26(34)16-24(15-25)30(35)36/h3-5,8,13-14,19,24-26H,6-7,9-12,15-18H2,1-2H3,(H,35,36). The zero-order valence-electron chi connectivity index (χ0n) is 23.6. The molecular formula is C31H37N3O5S2. The van der Waals surface area contributed by atoms with Crippen LogP contribution in [-0.4, -0.2) is 66.1 Å². The number of anilines is 1. The minimum Gasteiger partial charge on any atom is -0.488 e. The molecular weight excluding hydrogens is 558 g/mol. The highest BCUT2D eigenvalue weighted by atomic mass is 32.2. The fourth-order valence-corrected chi connectivity index (χ4v) is 8.75. The number of thiazole rings is 1. The number of aryl methyl sites for hydroxylation is 2. The zero-order chi connectivity index (χ0) is 28.7. The second-order valence-electron chi connectivity index (χ2n) is 11.8. The summed E-state index contributed by atoms with van der Waals surface area (Å²) in [6.45, 7) is 6.52. The third-order valence-corrected chi connectivity index (χ3v) is 11.3. The van der Waals surface area contributed by atoms with Crippen molar-refractivity contribution in [2.45, 2.75) is 64.8 Å². The minimum absolute atomic E-state index is 0.238. The Morgan fingerprint density at radius 1 is 1.07 bits per heavy atom. The Labute approximate surface area is 245 Å². The molecule has 3 aromatic rings. The van der Waals surface area contributed by atoms with Gasteiger partial charge in [0.2, 0.25) is 0 Å². The number of aromatic nitrogens is 1. The normalized spacial score (nSPS) is 24.0. The number of sulfone groups is 1. The lowest BCUT2D eigenvalue weighted by molar-refractivity contribution is -0.142. The van der Waals surface area contributed by atoms with Gasteiger partial charge in [0.1, 0.15) is 12.4 Å². The predicted molar refractivity (Wildman–Crippen MR) is 161 cm³/mol. The van der Waals surface area contributed by atoms with Crippen LogP contribution >= 0.6 is 11.3 Å². The third kappa shape index (κ3) is 6.15. The van der Waals surface area contributed by atoms with Crippen molar-refractivity contribution < 1.29 is 23.1 Å². The van der Waals surface area contributed by atoms with Crippen molar-refractivity contribution in [1.29, 1.82) is 0 Å². The maximum Gasteiger partial charge on any atom is 0.306 e. The van der Waals surface area contributed by atoms with Gasteiger partial charge in [0.05, 0.1) is 23.1 Å². The molecule has 0 radical (unpaired) electrons. The monoisotopic (exact) mass is 595 g/mol. The lowest BCUT2D eigenvalue weighted by Gasteiger charge is -2.37. The van der Waals surface area contributed by atoms with Crippen LogP contribution in [0.15, 0.2) is 41.8 Å². The van der Waals surface area contributed by atoms with Crippen LogP contribution in [0.1, 0.15) is 47.9 Å². The van der Waals surface area contributed by atoms with E-state index in [1.165, 1.54) is 5.56 Å². The highest BCUT2D eigenvalue weighted by molar-refractivity contribution is 7.91. The molecule has 8 nitrogen and oxygen atoms in total. The van der Waals surface area contributed by atoms with Crippen LogP contribution in [0.2, 0.25) is 0 Å². The average Bonchev–Trinajstić information content (AvgIpc) is 3.51. The van der Waals surface area contributed by atoms with E-state index in [2.05, 4.69) is 59.4 Å². The molecule has 10 heteroatoms. The van der Waals surface area contributed by atoms with Gasteiger partial charge in [0.15, 0.2) is 15.0 Å². The van der Waals surface area contributed by atoms with Gasteiger partial charge in [-0.2, -0.15) is 0 Å². The average molecular weight is 596 g/mol. The molecule has 41 heavy (non-hydrogen) atoms. The number of piperidine rings is 1. The first kappa shape index (κ1) is 28.2. The van der Waals surface area contributed by atoms with Gasteiger partial charge in [-0.05, 0) is 68.4 Å². The molecule has 2 atom stereocenters. The summed E-state index contributed by atoms with van der Waals surface area (Å²) in [5.74, 6) is 0.343. The van der Waals surface area contributed by atoms with E-state index < -0.39 is 15.8 Å². The van der Waals surface area contributed by atoms with E-state index >= 15 is 0 Å². The molecule has 6 rings (SSSR count). The Morgan fingerprint density at radius 3 is 2.49 bits per heavy atom. The van der Waals surface area contributed by atoms with Gasteiger partial charge in [-0.3, -0.25) is 9.69 Å². The first-order valence-electron chi connectivity index (χ1n) is 14.4. The van der Waals surface area contributed by atoms with Gasteiger partial charge in [-0.25, -0.2) is 13.4 Å². The molecule has 2 aromatic carbocycles. The number of hydrogen-bond donors (Lipinski definition) is 1. The van der Waals surface area contributed by atoms with Crippen molar-refractivity contribution in [2.75, 3.05) is 29.5 Å². The first-order valence-corrected chi connectivity index (χ1v) is 17.1. The van der Waals surface area contributed by atoms with Crippen LogP contribution in [0.4, 0.5) is 5.13 Å². The van der Waals surface area contributed by atoms with Crippen molar-refractivity contribution in [3.8, 4) is 17.0 Å². The van der Waals surface area contributed by atoms with Gasteiger partial charge in [-0.1, -0.05) is 29.8 Å². The predicted octanol–water partition coefficient (Wildman–Crippen LogP) is 5.07. The molecule has 2 bridgehead atoms. The molecule has 1 N–H and O–H groups in total. The topological polar surface area (TPSA) is 100 Å². The van der Waals surface area contributed by atoms with Crippen LogP contribution in [0, 0.1) is 19.8 Å². The number of fused-ring (bicyclic) bond motifs is 2. The summed E-state index contributed by atoms with van der Waals surface area (Å²) in [6, 6.07) is 13.1. The van der Waals surface area contributed by atoms with Crippen molar-refractivity contribution in [1.82, 2.24) is 9.88 Å². The van der Waals surface area contributed by atoms with Gasteiger partial charge in [0, 0.05) is 42.7 Å². The van der Waals surface area contributed by atoms with Crippen LogP contribution in [0.3, 0.4) is 0 Å². The minimum atomic E-state index is -2.88. The Hall–Kier alpha value is -2.95. The van der Waals surface area contributed by atoms with Crippen LogP contribution in [0.25, 0.3) is 11.3 Å². The number of carboxylic acids is 1. The van der Waals surface area contributed by atoms with Crippen molar-refractivity contribution >= 4 is 32.3 Å². The summed E-state index contributed by atoms with van der Waals surface area (Å²) in [6.07, 6.45) is 3.44. The SMILES string of the molecule is Cc1ccc(OCc2ccc(CN3CCS(=O)(=O)CC3)cc2C)c(-c2csc(N3C4CCC3CC(C(=O)O)C4)n2)c1. The van der Waals surface area contributed by atoms with Crippen LogP contribution in [0.5, 0.6) is 5.75 Å². The smallest absolute Gasteiger partial charge is 0.306 e. The molecule has 2 unspecified atom stereocenters. The molecule has 3 fully saturated rings. The number of nitrogens with zero attached hydrogens (tertiary/aromatic N) is 3. The number of carbonyl (C=O) groups is 1. The summed E-state index contributed by atoms with van der Waals surface area (Å²) < 4.78 is 29.9. The summed E-state index contributed by atoms with van der Waals surface area (Å²) >= 11 is 1.63. The number of rotatable bonds is 8. The van der Waals surface area contributed by atoms with Gasteiger partial charge < -0.3 is 14.7 Å². The van der Waals surface area contributed by atoms with Crippen molar-refractivity contribution in [3.63, 3.8) is 0 Å². The third-order valence-electron chi connectivity index (χ3n) is 8.84. The molecule has 4 heterocycles. The largest absolute Gasteiger partial charge is 0.488 e. The number of carboxylic acid groups (broad SMARTS) is 1. The summed E-state index contributed by atoms with van der Waals surface area (Å²) in [4.78, 5) is 21.2. The fourth-order valence-electron chi connectivity index (χ4n) is 6.51. The van der Waals surface area contributed by atoms with Gasteiger partial charge >= 0.3 is 5.97 Å². The Bertz CT molecular complexity index is 1520. The number of aliphatic carboxylic acids is 1. The molecule has 0 saturated carbocycles. The lowest BCUT2D eigenvalue weighted by atomic mass is 9.91. The quantitative estimate of drug-likeness (QED) is 0.386. The van der Waals surface area contributed by atoms with E-state index in [-0.39, 0.29) is 29.5 Å². The van der Waals surface area contributed by atoms with Crippen LogP contribution < -0.4 is 9.64 Å². The summed E-state index contributed by atoms with van der Waals surface area (Å²) in [5, 5.41) is 12.6. The Kier molecular flexibility index (Phi) is 7.82. The highest BCUT2D eigenvalue weighted by Gasteiger charge is 2.44. The number of ether oxygens (including phenoxy) is 1. The van der Waals surface area contributed by atoms with Crippen molar-refractivity contribution in [3.05, 3.63) is 64.0 Å². The zero-order valence-corrected chi connectivity index (χ0v) is 25.2. The second kappa shape index (κ2) is 11.4. The molecule has 3 saturated heterocycles. The molecule has 218 valence electrons. The number of hydrogen-bond acceptors (Lipinski definition) is 8. The molecule has 3 aliphatic heterocycles. The summed E-state index contributed by atoms with van der Waals surface area (Å²) in [5.41, 5.74) is 6.43. The van der Waals surface area contributed by atoms with E-state index in [0.29, 0.717) is 32.5 Å². The fraction of sp³-hybridized carbons (Fsp3) is 0.484. The molecule has 0 aliphatic carbocycles. The number of benzene rings is 2. The second-order valence-corrected chi connectivity index (χ2v) is 14.9. The molecule has 0 spiro atoms. The van der Waals surface area contributed by atoms with E-state index in [1.54, 1.807) is 11.3 Å². The van der Waals surface area contributed by atoms with E-state index in [9.17, 15) is 18.3 Å². The molecule has 0 amide bonds. The maximum atomic E-state index is 11.7. The molecule has 3 aliphatic rings. The molecule has 1 aromatic heterocycles. The van der Waals surface area contributed by atoms with Gasteiger partial charge in [0.25, 0.3) is 0 Å². The Balaban J connectivity index is 1.14. The van der Waals surface area contributed by atoms with Crippen molar-refractivity contribution in [2.24, 2.45) is 5.92 Å². The van der Waals surface area contributed by atoms with E-state index in [0.717, 1.165) is 58.2 Å². The maximum absolute atomic E-state index is 11.7. The van der Waals surface area contributed by atoms with E-state index in [4.69, 9.17) is 9.72 Å². The van der Waals surface area contributed by atoms with Gasteiger partial charge in [-0.15, -0.1) is 11.3 Å². The summed E-state index contributed by atoms with van der Waals surface area (Å²) in [7, 11) is -2.88. The van der Waals surface area contributed by atoms with Crippen LogP contribution in [-0.2, 0) is 27.8 Å². The highest BCUT2D eigenvalue weighted by Crippen LogP contribution is 2.44. The Morgan fingerprint density at radius 2 is 1.80 bits per heavy atom. The first-order chi connectivity index (χ1) is 19.6. The lowest BCUT2D eigenvalue weighted by Crippen LogP contribution is -2.44. The van der Waals surface area contributed by atoms with E-state index in [1.807, 2.05) is 6.07 Å².